The van der Waals surface area contributed by atoms with E-state index in [1.807, 2.05) is 36.4 Å². The van der Waals surface area contributed by atoms with Gasteiger partial charge in [0.05, 0.1) is 23.7 Å². The Bertz CT molecular complexity index is 1450. The van der Waals surface area contributed by atoms with E-state index < -0.39 is 10.0 Å². The molecule has 0 N–H and O–H groups in total. The van der Waals surface area contributed by atoms with Gasteiger partial charge in [-0.2, -0.15) is 0 Å². The molecular weight excluding hydrogens is 522 g/mol. The Hall–Kier alpha value is -4.14. The second-order valence-corrected chi connectivity index (χ2v) is 11.5. The van der Waals surface area contributed by atoms with Crippen molar-refractivity contribution in [2.24, 2.45) is 0 Å². The van der Waals surface area contributed by atoms with Crippen molar-refractivity contribution in [2.75, 3.05) is 44.1 Å². The fourth-order valence-electron chi connectivity index (χ4n) is 5.12. The molecule has 5 rings (SSSR count). The summed E-state index contributed by atoms with van der Waals surface area (Å²) < 4.78 is 33.8. The SMILES string of the molecule is COc1ccc(N(CC(=O)N2CCN(C(c3ccccc3)c3ccccc3)CC2)S(=O)(=O)c2ccccc2)cc1. The largest absolute Gasteiger partial charge is 0.497 e. The lowest BCUT2D eigenvalue weighted by molar-refractivity contribution is -0.131. The van der Waals surface area contributed by atoms with Crippen LogP contribution in [0.4, 0.5) is 5.69 Å². The molecule has 206 valence electrons. The molecule has 0 saturated carbocycles. The Kier molecular flexibility index (Phi) is 8.48. The molecule has 8 heteroatoms. The van der Waals surface area contributed by atoms with Gasteiger partial charge in [0.15, 0.2) is 0 Å². The zero-order valence-corrected chi connectivity index (χ0v) is 23.3. The minimum absolute atomic E-state index is 0.0777. The van der Waals surface area contributed by atoms with Crippen molar-refractivity contribution in [1.29, 1.82) is 0 Å². The number of carbonyl (C=O) groups excluding carboxylic acids is 1. The van der Waals surface area contributed by atoms with Gasteiger partial charge >= 0.3 is 0 Å². The number of rotatable bonds is 9. The molecule has 0 spiro atoms. The number of sulfonamides is 1. The normalized spacial score (nSPS) is 14.2. The molecule has 0 radical (unpaired) electrons. The van der Waals surface area contributed by atoms with E-state index >= 15 is 0 Å². The molecule has 0 aromatic heterocycles. The molecule has 1 heterocycles. The van der Waals surface area contributed by atoms with Gasteiger partial charge in [-0.25, -0.2) is 8.42 Å². The lowest BCUT2D eigenvalue weighted by Crippen LogP contribution is -2.52. The molecule has 1 aliphatic heterocycles. The topological polar surface area (TPSA) is 70.2 Å². The van der Waals surface area contributed by atoms with E-state index in [9.17, 15) is 13.2 Å². The van der Waals surface area contributed by atoms with E-state index in [0.29, 0.717) is 37.6 Å². The molecule has 1 fully saturated rings. The van der Waals surface area contributed by atoms with Crippen LogP contribution < -0.4 is 9.04 Å². The number of carbonyl (C=O) groups is 1. The summed E-state index contributed by atoms with van der Waals surface area (Å²) >= 11 is 0. The van der Waals surface area contributed by atoms with Gasteiger partial charge < -0.3 is 9.64 Å². The average Bonchev–Trinajstić information content (AvgIpc) is 3.02. The van der Waals surface area contributed by atoms with Crippen LogP contribution in [-0.4, -0.2) is 64.0 Å². The number of ether oxygens (including phenoxy) is 1. The van der Waals surface area contributed by atoms with Gasteiger partial charge in [0, 0.05) is 26.2 Å². The number of amides is 1. The maximum atomic E-state index is 13.7. The summed E-state index contributed by atoms with van der Waals surface area (Å²) in [6, 6.07) is 35.8. The van der Waals surface area contributed by atoms with Crippen molar-refractivity contribution in [3.63, 3.8) is 0 Å². The Balaban J connectivity index is 1.34. The molecule has 40 heavy (non-hydrogen) atoms. The van der Waals surface area contributed by atoms with Crippen molar-refractivity contribution in [2.45, 2.75) is 10.9 Å². The minimum Gasteiger partial charge on any atom is -0.497 e. The maximum Gasteiger partial charge on any atom is 0.264 e. The van der Waals surface area contributed by atoms with Gasteiger partial charge in [0.1, 0.15) is 12.3 Å². The van der Waals surface area contributed by atoms with E-state index in [0.717, 1.165) is 0 Å². The lowest BCUT2D eigenvalue weighted by atomic mass is 9.96. The Labute approximate surface area is 236 Å². The number of nitrogens with zero attached hydrogens (tertiary/aromatic N) is 3. The van der Waals surface area contributed by atoms with E-state index in [-0.39, 0.29) is 23.4 Å². The van der Waals surface area contributed by atoms with E-state index in [1.165, 1.54) is 15.4 Å². The number of methoxy groups -OCH3 is 1. The molecule has 1 saturated heterocycles. The summed E-state index contributed by atoms with van der Waals surface area (Å²) in [4.78, 5) is 17.9. The van der Waals surface area contributed by atoms with E-state index in [4.69, 9.17) is 4.74 Å². The first-order chi connectivity index (χ1) is 19.5. The van der Waals surface area contributed by atoms with Crippen LogP contribution in [-0.2, 0) is 14.8 Å². The van der Waals surface area contributed by atoms with Crippen LogP contribution in [0.2, 0.25) is 0 Å². The smallest absolute Gasteiger partial charge is 0.264 e. The Morgan fingerprint density at radius 3 is 1.75 bits per heavy atom. The standard InChI is InChI=1S/C32H33N3O4S/c1-39-29-19-17-28(18-20-29)35(40(37,38)30-15-9-4-10-16-30)25-31(36)33-21-23-34(24-22-33)32(26-11-5-2-6-12-26)27-13-7-3-8-14-27/h2-20,32H,21-25H2,1H3. The van der Waals surface area contributed by atoms with Crippen LogP contribution in [0.25, 0.3) is 0 Å². The Morgan fingerprint density at radius 1 is 0.750 bits per heavy atom. The molecule has 0 atom stereocenters. The second kappa shape index (κ2) is 12.4. The first-order valence-corrected chi connectivity index (χ1v) is 14.7. The third-order valence-electron chi connectivity index (χ3n) is 7.23. The highest BCUT2D eigenvalue weighted by Gasteiger charge is 2.32. The zero-order chi connectivity index (χ0) is 28.0. The molecule has 1 amide bonds. The predicted molar refractivity (Wildman–Crippen MR) is 157 cm³/mol. The average molecular weight is 556 g/mol. The molecule has 1 aliphatic rings. The summed E-state index contributed by atoms with van der Waals surface area (Å²) in [5.41, 5.74) is 2.81. The third kappa shape index (κ3) is 6.03. The number of hydrogen-bond donors (Lipinski definition) is 0. The van der Waals surface area contributed by atoms with Crippen molar-refractivity contribution in [3.8, 4) is 5.75 Å². The number of hydrogen-bond acceptors (Lipinski definition) is 5. The third-order valence-corrected chi connectivity index (χ3v) is 9.02. The van der Waals surface area contributed by atoms with Crippen molar-refractivity contribution in [1.82, 2.24) is 9.80 Å². The fourth-order valence-corrected chi connectivity index (χ4v) is 6.56. The zero-order valence-electron chi connectivity index (χ0n) is 22.5. The summed E-state index contributed by atoms with van der Waals surface area (Å²) in [6.45, 7) is 2.08. The van der Waals surface area contributed by atoms with Crippen LogP contribution in [0.1, 0.15) is 17.2 Å². The highest BCUT2D eigenvalue weighted by Crippen LogP contribution is 2.30. The van der Waals surface area contributed by atoms with Gasteiger partial charge in [-0.1, -0.05) is 78.9 Å². The van der Waals surface area contributed by atoms with Crippen LogP contribution in [0, 0.1) is 0 Å². The van der Waals surface area contributed by atoms with Crippen LogP contribution in [0.15, 0.2) is 120 Å². The summed E-state index contributed by atoms with van der Waals surface area (Å²) in [5.74, 6) is 0.376. The summed E-state index contributed by atoms with van der Waals surface area (Å²) in [6.07, 6.45) is 0. The Morgan fingerprint density at radius 2 is 1.25 bits per heavy atom. The quantitative estimate of drug-likeness (QED) is 0.296. The predicted octanol–water partition coefficient (Wildman–Crippen LogP) is 4.82. The van der Waals surface area contributed by atoms with Gasteiger partial charge in [-0.3, -0.25) is 14.0 Å². The van der Waals surface area contributed by atoms with E-state index in [2.05, 4.69) is 29.2 Å². The monoisotopic (exact) mass is 555 g/mol. The lowest BCUT2D eigenvalue weighted by Gasteiger charge is -2.40. The van der Waals surface area contributed by atoms with E-state index in [1.54, 1.807) is 66.6 Å². The van der Waals surface area contributed by atoms with Crippen LogP contribution in [0.5, 0.6) is 5.75 Å². The van der Waals surface area contributed by atoms with Gasteiger partial charge in [-0.05, 0) is 47.5 Å². The van der Waals surface area contributed by atoms with Crippen molar-refractivity contribution < 1.29 is 17.9 Å². The first-order valence-electron chi connectivity index (χ1n) is 13.3. The van der Waals surface area contributed by atoms with Crippen LogP contribution >= 0.6 is 0 Å². The molecule has 4 aromatic rings. The minimum atomic E-state index is -3.97. The number of anilines is 1. The molecular formula is C32H33N3O4S. The maximum absolute atomic E-state index is 13.7. The number of benzene rings is 4. The van der Waals surface area contributed by atoms with Gasteiger partial charge in [-0.15, -0.1) is 0 Å². The molecule has 7 nitrogen and oxygen atoms in total. The molecule has 0 unspecified atom stereocenters. The highest BCUT2D eigenvalue weighted by atomic mass is 32.2. The van der Waals surface area contributed by atoms with Gasteiger partial charge in [0.25, 0.3) is 10.0 Å². The first kappa shape index (κ1) is 27.4. The molecule has 4 aromatic carbocycles. The summed E-state index contributed by atoms with van der Waals surface area (Å²) in [5, 5.41) is 0. The highest BCUT2D eigenvalue weighted by molar-refractivity contribution is 7.92. The van der Waals surface area contributed by atoms with Crippen LogP contribution in [0.3, 0.4) is 0 Å². The van der Waals surface area contributed by atoms with Crippen molar-refractivity contribution >= 4 is 21.6 Å². The number of piperazine rings is 1. The van der Waals surface area contributed by atoms with Crippen molar-refractivity contribution in [3.05, 3.63) is 126 Å². The fraction of sp³-hybridized carbons (Fsp3) is 0.219. The second-order valence-electron chi connectivity index (χ2n) is 9.66. The molecule has 0 aliphatic carbocycles. The summed E-state index contributed by atoms with van der Waals surface area (Å²) in [7, 11) is -2.42. The molecule has 0 bridgehead atoms. The van der Waals surface area contributed by atoms with Gasteiger partial charge in [0.2, 0.25) is 5.91 Å².